The minimum atomic E-state index is -1.45. The van der Waals surface area contributed by atoms with Gasteiger partial charge in [0.2, 0.25) is 5.91 Å². The molecule has 0 saturated carbocycles. The van der Waals surface area contributed by atoms with E-state index in [9.17, 15) is 14.4 Å². The van der Waals surface area contributed by atoms with Crippen LogP contribution < -0.4 is 5.32 Å². The summed E-state index contributed by atoms with van der Waals surface area (Å²) in [6.07, 6.45) is 0. The van der Waals surface area contributed by atoms with Gasteiger partial charge >= 0.3 is 0 Å². The molecule has 1 saturated heterocycles. The standard InChI is InChI=1S/C25H40N2O4SSi/c1-10-27(11-2)22(29)17-14-12-13-15-18(17)32-23(30)16(3)20-19(21(28)26-20)25(7,24(4,5)6)31-33(8)9/h12-16,19-20,33H,10-11H2,1-9H3,(H,26,28)/t16?,19-,20-,25?/m1/s1. The molecule has 0 aliphatic carbocycles. The van der Waals surface area contributed by atoms with Gasteiger partial charge in [0.15, 0.2) is 14.2 Å². The first-order chi connectivity index (χ1) is 15.3. The van der Waals surface area contributed by atoms with Crippen LogP contribution in [0.25, 0.3) is 0 Å². The molecule has 1 heterocycles. The summed E-state index contributed by atoms with van der Waals surface area (Å²) >= 11 is 1.09. The maximum atomic E-state index is 13.3. The highest BCUT2D eigenvalue weighted by Gasteiger charge is 2.59. The van der Waals surface area contributed by atoms with E-state index < -0.39 is 26.5 Å². The molecule has 2 rings (SSSR count). The minimum Gasteiger partial charge on any atom is -0.414 e. The summed E-state index contributed by atoms with van der Waals surface area (Å²) in [7, 11) is -1.45. The van der Waals surface area contributed by atoms with Crippen molar-refractivity contribution in [3.05, 3.63) is 29.8 Å². The number of β-lactam (4-membered cyclic amide) rings is 1. The van der Waals surface area contributed by atoms with Gasteiger partial charge in [-0.2, -0.15) is 0 Å². The number of carbonyl (C=O) groups is 3. The van der Waals surface area contributed by atoms with E-state index in [0.717, 1.165) is 11.8 Å². The number of nitrogens with zero attached hydrogens (tertiary/aromatic N) is 1. The number of hydrogen-bond acceptors (Lipinski definition) is 5. The summed E-state index contributed by atoms with van der Waals surface area (Å²) in [5.74, 6) is -0.962. The van der Waals surface area contributed by atoms with Gasteiger partial charge in [0.25, 0.3) is 5.91 Å². The molecule has 0 spiro atoms. The van der Waals surface area contributed by atoms with Gasteiger partial charge in [0, 0.05) is 23.9 Å². The number of hydrogen-bond donors (Lipinski definition) is 1. The molecule has 33 heavy (non-hydrogen) atoms. The summed E-state index contributed by atoms with van der Waals surface area (Å²) in [5, 5.41) is 2.90. The zero-order valence-corrected chi connectivity index (χ0v) is 23.5. The first kappa shape index (κ1) is 27.6. The largest absolute Gasteiger partial charge is 0.414 e. The minimum absolute atomic E-state index is 0.0613. The molecule has 8 heteroatoms. The summed E-state index contributed by atoms with van der Waals surface area (Å²) in [4.78, 5) is 41.4. The second-order valence-electron chi connectivity index (χ2n) is 10.2. The maximum absolute atomic E-state index is 13.3. The summed E-state index contributed by atoms with van der Waals surface area (Å²) < 4.78 is 6.47. The number of amides is 2. The molecule has 1 aliphatic heterocycles. The Labute approximate surface area is 204 Å². The first-order valence-corrected chi connectivity index (χ1v) is 15.5. The van der Waals surface area contributed by atoms with E-state index in [0.29, 0.717) is 23.5 Å². The Balaban J connectivity index is 2.27. The zero-order chi connectivity index (χ0) is 25.1. The van der Waals surface area contributed by atoms with Crippen LogP contribution in [0.1, 0.15) is 58.8 Å². The van der Waals surface area contributed by atoms with Crippen LogP contribution in [0.3, 0.4) is 0 Å². The Morgan fingerprint density at radius 2 is 1.73 bits per heavy atom. The zero-order valence-electron chi connectivity index (χ0n) is 21.5. The lowest BCUT2D eigenvalue weighted by molar-refractivity contribution is -0.162. The molecule has 184 valence electrons. The fourth-order valence-corrected chi connectivity index (χ4v) is 6.82. The Bertz CT molecular complexity index is 881. The van der Waals surface area contributed by atoms with Crippen molar-refractivity contribution in [1.82, 2.24) is 10.2 Å². The van der Waals surface area contributed by atoms with Crippen LogP contribution in [0.4, 0.5) is 0 Å². The molecule has 1 fully saturated rings. The van der Waals surface area contributed by atoms with Crippen LogP contribution in [0.2, 0.25) is 13.1 Å². The molecule has 6 nitrogen and oxygen atoms in total. The van der Waals surface area contributed by atoms with Crippen molar-refractivity contribution in [1.29, 1.82) is 0 Å². The molecule has 0 aromatic heterocycles. The van der Waals surface area contributed by atoms with Gasteiger partial charge in [-0.05, 0) is 51.4 Å². The molecular formula is C25H40N2O4SSi. The van der Waals surface area contributed by atoms with Gasteiger partial charge < -0.3 is 14.6 Å². The maximum Gasteiger partial charge on any atom is 0.254 e. The van der Waals surface area contributed by atoms with Crippen LogP contribution in [-0.2, 0) is 14.0 Å². The number of carbonyl (C=O) groups excluding carboxylic acids is 3. The molecule has 0 bridgehead atoms. The highest BCUT2D eigenvalue weighted by atomic mass is 32.2. The lowest BCUT2D eigenvalue weighted by Gasteiger charge is -2.55. The molecule has 1 N–H and O–H groups in total. The lowest BCUT2D eigenvalue weighted by atomic mass is 9.62. The predicted molar refractivity (Wildman–Crippen MR) is 137 cm³/mol. The van der Waals surface area contributed by atoms with Crippen LogP contribution in [-0.4, -0.2) is 55.6 Å². The second kappa shape index (κ2) is 10.7. The van der Waals surface area contributed by atoms with Crippen molar-refractivity contribution in [2.75, 3.05) is 13.1 Å². The van der Waals surface area contributed by atoms with Gasteiger partial charge in [-0.3, -0.25) is 14.4 Å². The second-order valence-corrected chi connectivity index (χ2v) is 13.6. The fourth-order valence-electron chi connectivity index (χ4n) is 4.38. The number of benzene rings is 1. The van der Waals surface area contributed by atoms with Crippen LogP contribution in [0.15, 0.2) is 29.2 Å². The SMILES string of the molecule is CCN(CC)C(=O)c1ccccc1SC(=O)C(C)[C@H]1NC(=O)[C@@H]1C(C)(O[SiH](C)C)C(C)(C)C. The monoisotopic (exact) mass is 492 g/mol. The summed E-state index contributed by atoms with van der Waals surface area (Å²) in [6, 6.07) is 6.94. The molecule has 1 aromatic rings. The topological polar surface area (TPSA) is 75.7 Å². The van der Waals surface area contributed by atoms with Gasteiger partial charge in [0.1, 0.15) is 0 Å². The smallest absolute Gasteiger partial charge is 0.254 e. The number of thioether (sulfide) groups is 1. The highest BCUT2D eigenvalue weighted by molar-refractivity contribution is 8.13. The molecular weight excluding hydrogens is 452 g/mol. The Morgan fingerprint density at radius 1 is 1.15 bits per heavy atom. The van der Waals surface area contributed by atoms with Crippen LogP contribution >= 0.6 is 11.8 Å². The molecule has 2 unspecified atom stereocenters. The van der Waals surface area contributed by atoms with Crippen molar-refractivity contribution in [3.8, 4) is 0 Å². The van der Waals surface area contributed by atoms with Gasteiger partial charge in [-0.1, -0.05) is 51.6 Å². The highest BCUT2D eigenvalue weighted by Crippen LogP contribution is 2.46. The van der Waals surface area contributed by atoms with E-state index in [1.54, 1.807) is 11.0 Å². The van der Waals surface area contributed by atoms with Crippen molar-refractivity contribution in [2.24, 2.45) is 17.3 Å². The molecule has 4 atom stereocenters. The van der Waals surface area contributed by atoms with Crippen LogP contribution in [0.5, 0.6) is 0 Å². The van der Waals surface area contributed by atoms with Crippen molar-refractivity contribution in [3.63, 3.8) is 0 Å². The van der Waals surface area contributed by atoms with E-state index in [1.807, 2.05) is 45.9 Å². The molecule has 0 radical (unpaired) electrons. The molecule has 1 aliphatic rings. The van der Waals surface area contributed by atoms with Gasteiger partial charge in [-0.15, -0.1) is 0 Å². The van der Waals surface area contributed by atoms with Gasteiger partial charge in [-0.25, -0.2) is 0 Å². The summed E-state index contributed by atoms with van der Waals surface area (Å²) in [6.45, 7) is 19.4. The summed E-state index contributed by atoms with van der Waals surface area (Å²) in [5.41, 5.74) is -0.408. The Hall–Kier alpha value is -1.64. The average molecular weight is 493 g/mol. The fraction of sp³-hybridized carbons (Fsp3) is 0.640. The average Bonchev–Trinajstić information content (AvgIpc) is 2.71. The third kappa shape index (κ3) is 5.71. The van der Waals surface area contributed by atoms with Crippen molar-refractivity contribution >= 4 is 37.7 Å². The molecule has 2 amide bonds. The predicted octanol–water partition coefficient (Wildman–Crippen LogP) is 4.34. The Morgan fingerprint density at radius 3 is 2.21 bits per heavy atom. The van der Waals surface area contributed by atoms with Crippen molar-refractivity contribution in [2.45, 2.75) is 78.1 Å². The van der Waals surface area contributed by atoms with E-state index >= 15 is 0 Å². The van der Waals surface area contributed by atoms with E-state index in [-0.39, 0.29) is 28.4 Å². The number of rotatable bonds is 9. The van der Waals surface area contributed by atoms with E-state index in [4.69, 9.17) is 4.43 Å². The third-order valence-corrected chi connectivity index (χ3v) is 8.91. The van der Waals surface area contributed by atoms with Crippen LogP contribution in [0, 0.1) is 17.3 Å². The van der Waals surface area contributed by atoms with E-state index in [1.165, 1.54) is 0 Å². The van der Waals surface area contributed by atoms with E-state index in [2.05, 4.69) is 39.2 Å². The first-order valence-electron chi connectivity index (χ1n) is 11.9. The Kier molecular flexibility index (Phi) is 8.98. The lowest BCUT2D eigenvalue weighted by Crippen LogP contribution is -2.72. The normalized spacial score (nSPS) is 21.1. The molecule has 1 aromatic carbocycles. The van der Waals surface area contributed by atoms with Crippen molar-refractivity contribution < 1.29 is 18.8 Å². The van der Waals surface area contributed by atoms with Gasteiger partial charge in [0.05, 0.1) is 23.1 Å². The number of nitrogens with one attached hydrogen (secondary N) is 1. The third-order valence-electron chi connectivity index (χ3n) is 6.80. The quantitative estimate of drug-likeness (QED) is 0.315.